The molecular weight excluding hydrogens is 496 g/mol. The molecule has 6 aliphatic heterocycles. The van der Waals surface area contributed by atoms with E-state index in [1.165, 1.54) is 0 Å². The topological polar surface area (TPSA) is 96.5 Å². The van der Waals surface area contributed by atoms with Crippen molar-refractivity contribution in [3.63, 3.8) is 0 Å². The van der Waals surface area contributed by atoms with Gasteiger partial charge < -0.3 is 20.0 Å². The Labute approximate surface area is 233 Å². The van der Waals surface area contributed by atoms with Gasteiger partial charge in [-0.15, -0.1) is 0 Å². The van der Waals surface area contributed by atoms with Crippen molar-refractivity contribution in [1.29, 1.82) is 0 Å². The summed E-state index contributed by atoms with van der Waals surface area (Å²) in [6.07, 6.45) is 5.40. The summed E-state index contributed by atoms with van der Waals surface area (Å²) >= 11 is 0. The molecular formula is C29H48N6O4. The highest BCUT2D eigenvalue weighted by Gasteiger charge is 2.46. The molecule has 1 N–H and O–H groups in total. The van der Waals surface area contributed by atoms with E-state index in [1.54, 1.807) is 0 Å². The first kappa shape index (κ1) is 28.3. The zero-order valence-electron chi connectivity index (χ0n) is 24.4. The van der Waals surface area contributed by atoms with Crippen LogP contribution in [0.2, 0.25) is 0 Å². The number of rotatable bonds is 1. The summed E-state index contributed by atoms with van der Waals surface area (Å²) in [6, 6.07) is -0.223. The molecule has 1 spiro atoms. The Morgan fingerprint density at radius 1 is 0.897 bits per heavy atom. The molecule has 39 heavy (non-hydrogen) atoms. The van der Waals surface area contributed by atoms with Crippen LogP contribution in [0.4, 0.5) is 0 Å². The average Bonchev–Trinajstić information content (AvgIpc) is 3.38. The van der Waals surface area contributed by atoms with Gasteiger partial charge in [0.1, 0.15) is 6.04 Å². The number of nitrogens with zero attached hydrogens (tertiary/aromatic N) is 5. The van der Waals surface area contributed by atoms with Gasteiger partial charge in [0.05, 0.1) is 18.0 Å². The molecule has 4 bridgehead atoms. The number of carbonyl (C=O) groups excluding carboxylic acids is 4. The van der Waals surface area contributed by atoms with E-state index in [4.69, 9.17) is 0 Å². The lowest BCUT2D eigenvalue weighted by atomic mass is 9.82. The number of amides is 4. The summed E-state index contributed by atoms with van der Waals surface area (Å²) in [4.78, 5) is 64.4. The molecule has 10 nitrogen and oxygen atoms in total. The van der Waals surface area contributed by atoms with Gasteiger partial charge in [-0.3, -0.25) is 29.0 Å². The van der Waals surface area contributed by atoms with Crippen LogP contribution in [0.1, 0.15) is 72.1 Å². The lowest BCUT2D eigenvalue weighted by Gasteiger charge is -2.45. The van der Waals surface area contributed by atoms with Crippen LogP contribution in [0.15, 0.2) is 0 Å². The monoisotopic (exact) mass is 544 g/mol. The second kappa shape index (κ2) is 11.0. The maximum Gasteiger partial charge on any atom is 0.241 e. The van der Waals surface area contributed by atoms with E-state index >= 15 is 0 Å². The predicted octanol–water partition coefficient (Wildman–Crippen LogP) is 0.902. The first-order valence-electron chi connectivity index (χ1n) is 15.1. The van der Waals surface area contributed by atoms with Gasteiger partial charge in [-0.2, -0.15) is 0 Å². The maximum absolute atomic E-state index is 13.9. The average molecular weight is 545 g/mol. The van der Waals surface area contributed by atoms with Crippen LogP contribution in [-0.4, -0.2) is 131 Å². The third-order valence-electron chi connectivity index (χ3n) is 9.76. The van der Waals surface area contributed by atoms with E-state index in [-0.39, 0.29) is 47.5 Å². The lowest BCUT2D eigenvalue weighted by molar-refractivity contribution is -0.144. The van der Waals surface area contributed by atoms with E-state index in [1.807, 2.05) is 21.7 Å². The highest BCUT2D eigenvalue weighted by molar-refractivity contribution is 5.86. The summed E-state index contributed by atoms with van der Waals surface area (Å²) in [7, 11) is 1.98. The highest BCUT2D eigenvalue weighted by atomic mass is 16.2. The minimum absolute atomic E-state index is 0.00637. The van der Waals surface area contributed by atoms with E-state index in [0.29, 0.717) is 71.1 Å². The highest BCUT2D eigenvalue weighted by Crippen LogP contribution is 2.32. The fraction of sp³-hybridized carbons (Fsp3) is 0.862. The van der Waals surface area contributed by atoms with E-state index in [2.05, 4.69) is 35.9 Å². The number of nitrogens with one attached hydrogen (secondary N) is 1. The molecule has 6 aliphatic rings. The van der Waals surface area contributed by atoms with Crippen LogP contribution in [0.25, 0.3) is 0 Å². The van der Waals surface area contributed by atoms with Gasteiger partial charge in [0.25, 0.3) is 0 Å². The zero-order valence-corrected chi connectivity index (χ0v) is 24.4. The van der Waals surface area contributed by atoms with Crippen molar-refractivity contribution in [2.24, 2.45) is 5.41 Å². The van der Waals surface area contributed by atoms with Crippen molar-refractivity contribution in [1.82, 2.24) is 29.8 Å². The second-order valence-corrected chi connectivity index (χ2v) is 13.9. The van der Waals surface area contributed by atoms with E-state index < -0.39 is 5.54 Å². The standard InChI is InChI=1S/C29H48N6O4/c1-28(2,3)18-24(36)32-14-9-29(10-15-32)19-25(37)34-17-16-31(4)23(20-34)27(39)33-12-7-21(8-13-33)35-11-5-6-22(35)26(38)30-29/h21-23H,5-20H2,1-4H3,(H,30,38)/t22-,23+/m0/s1. The lowest BCUT2D eigenvalue weighted by Crippen LogP contribution is -2.62. The minimum atomic E-state index is -0.675. The van der Waals surface area contributed by atoms with Crippen molar-refractivity contribution in [2.75, 3.05) is 59.4 Å². The molecule has 0 radical (unpaired) electrons. The van der Waals surface area contributed by atoms with Gasteiger partial charge in [0, 0.05) is 58.3 Å². The molecule has 0 saturated carbocycles. The number of hydrogen-bond donors (Lipinski definition) is 1. The Morgan fingerprint density at radius 2 is 1.59 bits per heavy atom. The number of fused-ring (bicyclic) bond motifs is 4. The Hall–Kier alpha value is -2.20. The molecule has 0 aromatic rings. The van der Waals surface area contributed by atoms with Crippen LogP contribution in [-0.2, 0) is 19.2 Å². The SMILES string of the molecule is CN1CCN2C[C@@H]1C(=O)N1CCC(CC1)N1CCC[C@H]1C(=O)NC1(CCN(C(=O)CC(C)(C)C)CC1)CC2=O. The van der Waals surface area contributed by atoms with Gasteiger partial charge in [-0.05, 0) is 57.5 Å². The number of hydrogen-bond acceptors (Lipinski definition) is 6. The number of carbonyl (C=O) groups is 4. The Bertz CT molecular complexity index is 963. The second-order valence-electron chi connectivity index (χ2n) is 13.9. The number of piperidine rings is 2. The van der Waals surface area contributed by atoms with Gasteiger partial charge in [-0.25, -0.2) is 0 Å². The van der Waals surface area contributed by atoms with Crippen molar-refractivity contribution in [2.45, 2.75) is 95.8 Å². The normalized spacial score (nSPS) is 29.8. The number of piperazine rings is 1. The van der Waals surface area contributed by atoms with Crippen LogP contribution >= 0.6 is 0 Å². The molecule has 0 unspecified atom stereocenters. The predicted molar refractivity (Wildman–Crippen MR) is 148 cm³/mol. The van der Waals surface area contributed by atoms with Crippen molar-refractivity contribution < 1.29 is 19.2 Å². The minimum Gasteiger partial charge on any atom is -0.349 e. The summed E-state index contributed by atoms with van der Waals surface area (Å²) in [6.45, 7) is 11.2. The summed E-state index contributed by atoms with van der Waals surface area (Å²) in [5.74, 6) is 0.281. The molecule has 218 valence electrons. The zero-order chi connectivity index (χ0) is 27.9. The van der Waals surface area contributed by atoms with Crippen LogP contribution in [0.5, 0.6) is 0 Å². The Balaban J connectivity index is 1.40. The first-order chi connectivity index (χ1) is 18.4. The molecule has 10 heteroatoms. The third-order valence-corrected chi connectivity index (χ3v) is 9.76. The summed E-state index contributed by atoms with van der Waals surface area (Å²) in [5, 5.41) is 3.41. The molecule has 0 aromatic heterocycles. The van der Waals surface area contributed by atoms with Crippen LogP contribution < -0.4 is 5.32 Å². The van der Waals surface area contributed by atoms with Gasteiger partial charge in [-0.1, -0.05) is 20.8 Å². The molecule has 6 fully saturated rings. The van der Waals surface area contributed by atoms with E-state index in [0.717, 1.165) is 32.2 Å². The Morgan fingerprint density at radius 3 is 2.26 bits per heavy atom. The van der Waals surface area contributed by atoms with Crippen molar-refractivity contribution >= 4 is 23.6 Å². The third kappa shape index (κ3) is 6.11. The molecule has 4 amide bonds. The number of likely N-dealkylation sites (tertiary alicyclic amines) is 1. The molecule has 2 atom stereocenters. The first-order valence-corrected chi connectivity index (χ1v) is 15.1. The van der Waals surface area contributed by atoms with E-state index in [9.17, 15) is 19.2 Å². The smallest absolute Gasteiger partial charge is 0.241 e. The molecule has 0 aromatic carbocycles. The maximum atomic E-state index is 13.9. The fourth-order valence-corrected chi connectivity index (χ4v) is 7.34. The van der Waals surface area contributed by atoms with Crippen LogP contribution in [0.3, 0.4) is 0 Å². The largest absolute Gasteiger partial charge is 0.349 e. The van der Waals surface area contributed by atoms with Crippen molar-refractivity contribution in [3.05, 3.63) is 0 Å². The van der Waals surface area contributed by atoms with Gasteiger partial charge in [0.15, 0.2) is 0 Å². The molecule has 6 heterocycles. The fourth-order valence-electron chi connectivity index (χ4n) is 7.34. The summed E-state index contributed by atoms with van der Waals surface area (Å²) < 4.78 is 0. The molecule has 0 aliphatic carbocycles. The van der Waals surface area contributed by atoms with Gasteiger partial charge >= 0.3 is 0 Å². The van der Waals surface area contributed by atoms with Crippen LogP contribution in [0, 0.1) is 5.41 Å². The molecule has 6 rings (SSSR count). The quantitative estimate of drug-likeness (QED) is 0.527. The molecule has 6 saturated heterocycles. The Kier molecular flexibility index (Phi) is 7.99. The summed E-state index contributed by atoms with van der Waals surface area (Å²) in [5.41, 5.74) is -0.762. The van der Waals surface area contributed by atoms with Gasteiger partial charge in [0.2, 0.25) is 23.6 Å². The van der Waals surface area contributed by atoms with Crippen molar-refractivity contribution in [3.8, 4) is 0 Å². The number of likely N-dealkylation sites (N-methyl/N-ethyl adjacent to an activating group) is 1.